The lowest BCUT2D eigenvalue weighted by atomic mass is 9.99. The molecular weight excluding hydrogens is 186 g/mol. The van der Waals surface area contributed by atoms with Gasteiger partial charge in [-0.15, -0.1) is 0 Å². The molecule has 1 fully saturated rings. The van der Waals surface area contributed by atoms with Crippen LogP contribution in [0.4, 0.5) is 0 Å². The van der Waals surface area contributed by atoms with E-state index in [1.807, 2.05) is 18.2 Å². The summed E-state index contributed by atoms with van der Waals surface area (Å²) < 4.78 is 0. The van der Waals surface area contributed by atoms with Crippen LogP contribution in [-0.4, -0.2) is 23.3 Å². The van der Waals surface area contributed by atoms with Gasteiger partial charge < -0.3 is 5.32 Å². The van der Waals surface area contributed by atoms with Gasteiger partial charge in [0.05, 0.1) is 5.69 Å². The first-order valence-corrected chi connectivity index (χ1v) is 5.25. The number of hydrogen-bond donors (Lipinski definition) is 2. The van der Waals surface area contributed by atoms with E-state index in [0.717, 1.165) is 18.8 Å². The molecule has 15 heavy (non-hydrogen) atoms. The number of H-pyrrole nitrogens is 1. The van der Waals surface area contributed by atoms with Gasteiger partial charge in [0, 0.05) is 30.3 Å². The number of nitrogens with one attached hydrogen (secondary N) is 2. The topological polar surface area (TPSA) is 40.7 Å². The summed E-state index contributed by atoms with van der Waals surface area (Å²) in [7, 11) is 0. The van der Waals surface area contributed by atoms with Crippen LogP contribution in [0.2, 0.25) is 0 Å². The van der Waals surface area contributed by atoms with Crippen LogP contribution in [0.3, 0.4) is 0 Å². The molecule has 1 aromatic heterocycles. The SMILES string of the molecule is c1ccc(-c2cc(C3CNC3)[nH]n2)cc1. The fraction of sp³-hybridized carbons (Fsp3) is 0.250. The monoisotopic (exact) mass is 199 g/mol. The highest BCUT2D eigenvalue weighted by Gasteiger charge is 2.20. The second kappa shape index (κ2) is 3.51. The third-order valence-electron chi connectivity index (χ3n) is 2.89. The molecule has 0 radical (unpaired) electrons. The smallest absolute Gasteiger partial charge is 0.0923 e. The molecule has 2 N–H and O–H groups in total. The Balaban J connectivity index is 1.90. The Kier molecular flexibility index (Phi) is 2.03. The van der Waals surface area contributed by atoms with E-state index in [-0.39, 0.29) is 0 Å². The van der Waals surface area contributed by atoms with Crippen LogP contribution in [0.1, 0.15) is 11.6 Å². The fourth-order valence-corrected chi connectivity index (χ4v) is 1.81. The molecule has 3 rings (SSSR count). The minimum Gasteiger partial charge on any atom is -0.315 e. The van der Waals surface area contributed by atoms with Gasteiger partial charge in [-0.2, -0.15) is 5.10 Å². The zero-order valence-corrected chi connectivity index (χ0v) is 8.40. The standard InChI is InChI=1S/C12H13N3/c1-2-4-9(5-3-1)11-6-12(15-14-11)10-7-13-8-10/h1-6,10,13H,7-8H2,(H,14,15). The van der Waals surface area contributed by atoms with Crippen LogP contribution in [0.5, 0.6) is 0 Å². The molecule has 2 aromatic rings. The second-order valence-electron chi connectivity index (χ2n) is 3.93. The van der Waals surface area contributed by atoms with Gasteiger partial charge in [0.25, 0.3) is 0 Å². The summed E-state index contributed by atoms with van der Waals surface area (Å²) in [5, 5.41) is 10.7. The molecule has 0 saturated carbocycles. The first kappa shape index (κ1) is 8.68. The van der Waals surface area contributed by atoms with Gasteiger partial charge in [0.2, 0.25) is 0 Å². The Morgan fingerprint density at radius 2 is 1.93 bits per heavy atom. The summed E-state index contributed by atoms with van der Waals surface area (Å²) in [6.45, 7) is 2.13. The predicted molar refractivity (Wildman–Crippen MR) is 59.6 cm³/mol. The minimum atomic E-state index is 0.620. The Labute approximate surface area is 88.5 Å². The van der Waals surface area contributed by atoms with Crippen LogP contribution in [0.25, 0.3) is 11.3 Å². The van der Waals surface area contributed by atoms with Crippen LogP contribution in [0, 0.1) is 0 Å². The molecule has 0 atom stereocenters. The third-order valence-corrected chi connectivity index (χ3v) is 2.89. The second-order valence-corrected chi connectivity index (χ2v) is 3.93. The van der Waals surface area contributed by atoms with Gasteiger partial charge in [0.15, 0.2) is 0 Å². The molecule has 1 aliphatic rings. The molecule has 0 unspecified atom stereocenters. The van der Waals surface area contributed by atoms with Crippen molar-refractivity contribution in [3.8, 4) is 11.3 Å². The molecule has 0 amide bonds. The summed E-state index contributed by atoms with van der Waals surface area (Å²) in [6, 6.07) is 12.4. The summed E-state index contributed by atoms with van der Waals surface area (Å²) in [5.41, 5.74) is 3.46. The first-order valence-electron chi connectivity index (χ1n) is 5.25. The predicted octanol–water partition coefficient (Wildman–Crippen LogP) is 1.76. The highest BCUT2D eigenvalue weighted by molar-refractivity contribution is 5.59. The lowest BCUT2D eigenvalue weighted by molar-refractivity contribution is 0.439. The van der Waals surface area contributed by atoms with Gasteiger partial charge in [-0.05, 0) is 6.07 Å². The molecular formula is C12H13N3. The molecule has 2 heterocycles. The molecule has 0 aliphatic carbocycles. The number of benzene rings is 1. The van der Waals surface area contributed by atoms with E-state index in [1.165, 1.54) is 11.3 Å². The highest BCUT2D eigenvalue weighted by Crippen LogP contribution is 2.23. The van der Waals surface area contributed by atoms with Crippen LogP contribution in [0.15, 0.2) is 36.4 Å². The molecule has 0 bridgehead atoms. The largest absolute Gasteiger partial charge is 0.315 e. The van der Waals surface area contributed by atoms with Gasteiger partial charge in [-0.25, -0.2) is 0 Å². The van der Waals surface area contributed by atoms with Crippen LogP contribution in [-0.2, 0) is 0 Å². The molecule has 1 aromatic carbocycles. The van der Waals surface area contributed by atoms with E-state index < -0.39 is 0 Å². The van der Waals surface area contributed by atoms with Crippen molar-refractivity contribution < 1.29 is 0 Å². The zero-order valence-electron chi connectivity index (χ0n) is 8.40. The minimum absolute atomic E-state index is 0.620. The molecule has 0 spiro atoms. The van der Waals surface area contributed by atoms with Crippen molar-refractivity contribution in [1.29, 1.82) is 0 Å². The number of rotatable bonds is 2. The third kappa shape index (κ3) is 1.55. The lowest BCUT2D eigenvalue weighted by Gasteiger charge is -2.25. The Morgan fingerprint density at radius 1 is 1.13 bits per heavy atom. The van der Waals surface area contributed by atoms with Gasteiger partial charge in [0.1, 0.15) is 0 Å². The van der Waals surface area contributed by atoms with Gasteiger partial charge in [-0.3, -0.25) is 5.10 Å². The van der Waals surface area contributed by atoms with Crippen LogP contribution < -0.4 is 5.32 Å². The quantitative estimate of drug-likeness (QED) is 0.773. The van der Waals surface area contributed by atoms with E-state index in [0.29, 0.717) is 5.92 Å². The van der Waals surface area contributed by atoms with Crippen molar-refractivity contribution >= 4 is 0 Å². The molecule has 3 nitrogen and oxygen atoms in total. The van der Waals surface area contributed by atoms with Crippen molar-refractivity contribution in [2.45, 2.75) is 5.92 Å². The number of nitrogens with zero attached hydrogens (tertiary/aromatic N) is 1. The average Bonchev–Trinajstić information content (AvgIpc) is 2.66. The number of aromatic amines is 1. The molecule has 1 saturated heterocycles. The summed E-state index contributed by atoms with van der Waals surface area (Å²) in [6.07, 6.45) is 0. The first-order chi connectivity index (χ1) is 7.43. The van der Waals surface area contributed by atoms with E-state index in [4.69, 9.17) is 0 Å². The van der Waals surface area contributed by atoms with E-state index >= 15 is 0 Å². The summed E-state index contributed by atoms with van der Waals surface area (Å²) in [4.78, 5) is 0. The molecule has 1 aliphatic heterocycles. The highest BCUT2D eigenvalue weighted by atomic mass is 15.1. The van der Waals surface area contributed by atoms with E-state index in [1.54, 1.807) is 0 Å². The van der Waals surface area contributed by atoms with Gasteiger partial charge >= 0.3 is 0 Å². The molecule has 76 valence electrons. The summed E-state index contributed by atoms with van der Waals surface area (Å²) in [5.74, 6) is 0.620. The van der Waals surface area contributed by atoms with Crippen LogP contribution >= 0.6 is 0 Å². The Hall–Kier alpha value is -1.61. The maximum Gasteiger partial charge on any atom is 0.0923 e. The van der Waals surface area contributed by atoms with E-state index in [9.17, 15) is 0 Å². The zero-order chi connectivity index (χ0) is 10.1. The number of hydrogen-bond acceptors (Lipinski definition) is 2. The Morgan fingerprint density at radius 3 is 2.60 bits per heavy atom. The Bertz CT molecular complexity index is 443. The normalized spacial score (nSPS) is 16.3. The lowest BCUT2D eigenvalue weighted by Crippen LogP contribution is -2.40. The van der Waals surface area contributed by atoms with Crippen molar-refractivity contribution in [2.24, 2.45) is 0 Å². The maximum absolute atomic E-state index is 4.34. The fourth-order valence-electron chi connectivity index (χ4n) is 1.81. The molecule has 3 heteroatoms. The average molecular weight is 199 g/mol. The van der Waals surface area contributed by atoms with Crippen molar-refractivity contribution in [3.05, 3.63) is 42.1 Å². The maximum atomic E-state index is 4.34. The van der Waals surface area contributed by atoms with Gasteiger partial charge in [-0.1, -0.05) is 30.3 Å². The van der Waals surface area contributed by atoms with Crippen molar-refractivity contribution in [2.75, 3.05) is 13.1 Å². The van der Waals surface area contributed by atoms with Crippen molar-refractivity contribution in [3.63, 3.8) is 0 Å². The number of aromatic nitrogens is 2. The van der Waals surface area contributed by atoms with E-state index in [2.05, 4.69) is 33.7 Å². The summed E-state index contributed by atoms with van der Waals surface area (Å²) >= 11 is 0. The van der Waals surface area contributed by atoms with Crippen molar-refractivity contribution in [1.82, 2.24) is 15.5 Å².